The number of nitrogens with zero attached hydrogens (tertiary/aromatic N) is 4. The minimum Gasteiger partial charge on any atom is -0.454 e. The van der Waals surface area contributed by atoms with E-state index in [1.165, 1.54) is 24.1 Å². The average molecular weight is 614 g/mol. The van der Waals surface area contributed by atoms with Gasteiger partial charge in [0.15, 0.2) is 35.5 Å². The first-order valence-electron chi connectivity index (χ1n) is 13.3. The highest BCUT2D eigenvalue weighted by molar-refractivity contribution is 7.48. The topological polar surface area (TPSA) is 153 Å². The number of halogens is 1. The summed E-state index contributed by atoms with van der Waals surface area (Å²) in [4.78, 5) is 35.9. The molecule has 226 valence electrons. The van der Waals surface area contributed by atoms with Gasteiger partial charge < -0.3 is 14.8 Å². The van der Waals surface area contributed by atoms with Crippen molar-refractivity contribution in [3.63, 3.8) is 0 Å². The van der Waals surface area contributed by atoms with E-state index in [-0.39, 0.29) is 36.1 Å². The van der Waals surface area contributed by atoms with Gasteiger partial charge in [0, 0.05) is 13.8 Å². The molecule has 0 aliphatic carbocycles. The van der Waals surface area contributed by atoms with Gasteiger partial charge in [-0.25, -0.2) is 23.9 Å². The predicted octanol–water partition coefficient (Wildman–Crippen LogP) is 4.51. The van der Waals surface area contributed by atoms with Crippen molar-refractivity contribution < 1.29 is 41.6 Å². The summed E-state index contributed by atoms with van der Waals surface area (Å²) in [5.41, 5.74) is 1.85. The largest absolute Gasteiger partial charge is 0.475 e. The third-order valence-corrected chi connectivity index (χ3v) is 7.71. The molecule has 0 radical (unpaired) electrons. The number of imidazole rings is 1. The average Bonchev–Trinajstić information content (AvgIpc) is 3.56. The third kappa shape index (κ3) is 7.48. The number of phosphoric ester groups is 1. The number of ether oxygens (including phenoxy) is 2. The van der Waals surface area contributed by atoms with Crippen molar-refractivity contribution >= 4 is 36.7 Å². The summed E-state index contributed by atoms with van der Waals surface area (Å²) in [7, 11) is -4.25. The van der Waals surface area contributed by atoms with Gasteiger partial charge in [-0.05, 0) is 11.1 Å². The van der Waals surface area contributed by atoms with Gasteiger partial charge in [0.25, 0.3) is 0 Å². The molecule has 1 N–H and O–H groups in total. The summed E-state index contributed by atoms with van der Waals surface area (Å²) in [6, 6.07) is 18.0. The van der Waals surface area contributed by atoms with Crippen LogP contribution >= 0.6 is 7.82 Å². The molecule has 13 nitrogen and oxygen atoms in total. The van der Waals surface area contributed by atoms with Crippen LogP contribution in [-0.4, -0.2) is 56.4 Å². The van der Waals surface area contributed by atoms with Crippen LogP contribution in [0, 0.1) is 0 Å². The van der Waals surface area contributed by atoms with Gasteiger partial charge in [-0.1, -0.05) is 60.7 Å². The minimum absolute atomic E-state index is 0.0897. The Balaban J connectivity index is 1.35. The number of alkyl halides is 1. The van der Waals surface area contributed by atoms with Crippen LogP contribution in [0.1, 0.15) is 31.2 Å². The molecule has 1 amide bonds. The molecule has 3 heterocycles. The van der Waals surface area contributed by atoms with E-state index in [0.717, 1.165) is 18.1 Å². The van der Waals surface area contributed by atoms with Crippen molar-refractivity contribution in [1.29, 1.82) is 0 Å². The minimum atomic E-state index is -4.25. The quantitative estimate of drug-likeness (QED) is 0.177. The molecule has 2 aromatic heterocycles. The highest BCUT2D eigenvalue weighted by Crippen LogP contribution is 2.52. The molecule has 15 heteroatoms. The van der Waals surface area contributed by atoms with Crippen molar-refractivity contribution in [2.45, 2.75) is 51.7 Å². The van der Waals surface area contributed by atoms with Gasteiger partial charge in [-0.15, -0.1) is 0 Å². The molecule has 43 heavy (non-hydrogen) atoms. The predicted molar refractivity (Wildman–Crippen MR) is 150 cm³/mol. The number of amides is 1. The number of hydrogen-bond acceptors (Lipinski definition) is 11. The first-order valence-corrected chi connectivity index (χ1v) is 14.7. The molecule has 0 unspecified atom stereocenters. The summed E-state index contributed by atoms with van der Waals surface area (Å²) >= 11 is 0. The summed E-state index contributed by atoms with van der Waals surface area (Å²) in [5.74, 6) is -0.982. The van der Waals surface area contributed by atoms with Crippen molar-refractivity contribution in [3.8, 4) is 0 Å². The molecule has 4 aromatic rings. The normalized spacial score (nSPS) is 20.3. The van der Waals surface area contributed by atoms with Gasteiger partial charge in [-0.2, -0.15) is 0 Å². The number of nitrogens with one attached hydrogen (secondary N) is 1. The van der Waals surface area contributed by atoms with Crippen LogP contribution in [0.3, 0.4) is 0 Å². The van der Waals surface area contributed by atoms with Crippen LogP contribution in [0.4, 0.5) is 10.2 Å². The fourth-order valence-electron chi connectivity index (χ4n) is 4.40. The van der Waals surface area contributed by atoms with Crippen molar-refractivity contribution in [1.82, 2.24) is 19.5 Å². The van der Waals surface area contributed by atoms with Crippen molar-refractivity contribution in [2.75, 3.05) is 11.9 Å². The lowest BCUT2D eigenvalue weighted by molar-refractivity contribution is -0.154. The molecule has 1 saturated heterocycles. The van der Waals surface area contributed by atoms with Gasteiger partial charge >= 0.3 is 13.8 Å². The molecule has 1 fully saturated rings. The Bertz CT molecular complexity index is 1560. The lowest BCUT2D eigenvalue weighted by Gasteiger charge is -2.21. The number of carbonyl (C=O) groups excluding carboxylic acids is 2. The Morgan fingerprint density at radius 2 is 1.58 bits per heavy atom. The van der Waals surface area contributed by atoms with Gasteiger partial charge in [0.1, 0.15) is 12.4 Å². The Morgan fingerprint density at radius 1 is 0.953 bits per heavy atom. The van der Waals surface area contributed by atoms with E-state index >= 15 is 4.39 Å². The molecule has 2 aromatic carbocycles. The highest BCUT2D eigenvalue weighted by Gasteiger charge is 2.50. The SMILES string of the molecule is CC(=O)Nc1ncnc2c1ncn2[C@@H]1O[C@H](COP(=O)(OCc2ccccc2)OCc2ccccc2)[C@H](F)[C@@H]1OC(C)=O. The number of rotatable bonds is 12. The van der Waals surface area contributed by atoms with E-state index in [1.54, 1.807) is 48.5 Å². The molecule has 0 bridgehead atoms. The number of anilines is 1. The number of benzene rings is 2. The number of carbonyl (C=O) groups is 2. The maximum atomic E-state index is 15.8. The lowest BCUT2D eigenvalue weighted by atomic mass is 10.1. The molecular weight excluding hydrogens is 584 g/mol. The van der Waals surface area contributed by atoms with Crippen molar-refractivity contribution in [2.24, 2.45) is 0 Å². The van der Waals surface area contributed by atoms with E-state index in [1.807, 2.05) is 12.1 Å². The number of phosphoric acid groups is 1. The second kappa shape index (κ2) is 13.5. The molecule has 1 aliphatic rings. The zero-order valence-corrected chi connectivity index (χ0v) is 24.1. The summed E-state index contributed by atoms with van der Waals surface area (Å²) in [5, 5.41) is 2.55. The lowest BCUT2D eigenvalue weighted by Crippen LogP contribution is -2.34. The van der Waals surface area contributed by atoms with Crippen LogP contribution in [0.5, 0.6) is 0 Å². The molecule has 0 spiro atoms. The number of hydrogen-bond donors (Lipinski definition) is 1. The molecule has 4 atom stereocenters. The third-order valence-electron chi connectivity index (χ3n) is 6.35. The summed E-state index contributed by atoms with van der Waals surface area (Å²) in [6.45, 7) is 1.71. The zero-order chi connectivity index (χ0) is 30.4. The second-order valence-corrected chi connectivity index (χ2v) is 11.2. The molecular formula is C28H29FN5O8P. The van der Waals surface area contributed by atoms with Crippen molar-refractivity contribution in [3.05, 3.63) is 84.4 Å². The number of fused-ring (bicyclic) bond motifs is 1. The van der Waals surface area contributed by atoms with Gasteiger partial charge in [0.2, 0.25) is 5.91 Å². The fourth-order valence-corrected chi connectivity index (χ4v) is 5.57. The van der Waals surface area contributed by atoms with Crippen LogP contribution in [0.25, 0.3) is 11.2 Å². The first-order chi connectivity index (χ1) is 20.7. The standard InChI is InChI=1S/C28H29FN5O8P/c1-18(35)33-26-24-27(31-16-30-26)34(17-32-24)28-25(41-19(2)36)23(29)22(42-28)15-40-43(37,38-13-20-9-5-3-6-10-20)39-14-21-11-7-4-8-12-21/h3-12,16-17,22-23,25,28H,13-15H2,1-2H3,(H,30,31,33,35)/t22-,23+,25+,28-/m1/s1. The van der Waals surface area contributed by atoms with E-state index in [9.17, 15) is 14.2 Å². The Morgan fingerprint density at radius 3 is 2.16 bits per heavy atom. The van der Waals surface area contributed by atoms with Crippen LogP contribution in [0.15, 0.2) is 73.3 Å². The Kier molecular flexibility index (Phi) is 9.53. The maximum absolute atomic E-state index is 15.8. The highest BCUT2D eigenvalue weighted by atomic mass is 31.2. The van der Waals surface area contributed by atoms with E-state index in [4.69, 9.17) is 23.0 Å². The molecule has 1 aliphatic heterocycles. The monoisotopic (exact) mass is 613 g/mol. The van der Waals surface area contributed by atoms with E-state index < -0.39 is 45.0 Å². The molecule has 0 saturated carbocycles. The second-order valence-electron chi connectivity index (χ2n) is 9.57. The smallest absolute Gasteiger partial charge is 0.454 e. The van der Waals surface area contributed by atoms with Gasteiger partial charge in [-0.3, -0.25) is 27.7 Å². The Hall–Kier alpha value is -4.07. The van der Waals surface area contributed by atoms with E-state index in [2.05, 4.69) is 20.3 Å². The maximum Gasteiger partial charge on any atom is 0.475 e. The number of esters is 1. The molecule has 5 rings (SSSR count). The van der Waals surface area contributed by atoms with Crippen LogP contribution < -0.4 is 5.32 Å². The van der Waals surface area contributed by atoms with Gasteiger partial charge in [0.05, 0.1) is 26.1 Å². The first kappa shape index (κ1) is 30.4. The van der Waals surface area contributed by atoms with Crippen LogP contribution in [-0.2, 0) is 50.4 Å². The summed E-state index contributed by atoms with van der Waals surface area (Å²) in [6.07, 6.45) is -3.42. The zero-order valence-electron chi connectivity index (χ0n) is 23.2. The Labute approximate surface area is 245 Å². The number of aromatic nitrogens is 4. The van der Waals surface area contributed by atoms with Crippen LogP contribution in [0.2, 0.25) is 0 Å². The summed E-state index contributed by atoms with van der Waals surface area (Å²) < 4.78 is 58.9. The van der Waals surface area contributed by atoms with E-state index in [0.29, 0.717) is 0 Å². The fraction of sp³-hybridized carbons (Fsp3) is 0.321.